The number of carbonyl (C=O) groups is 1. The Kier molecular flexibility index (Phi) is 3.90. The molecule has 4 nitrogen and oxygen atoms in total. The van der Waals surface area contributed by atoms with Crippen molar-refractivity contribution in [3.05, 3.63) is 34.5 Å². The molecule has 0 aliphatic rings. The molecular formula is C15H20N2O2. The Labute approximate surface area is 112 Å². The van der Waals surface area contributed by atoms with Crippen LogP contribution >= 0.6 is 0 Å². The first-order valence-corrected chi connectivity index (χ1v) is 6.65. The number of carboxylic acids is 1. The molecule has 19 heavy (non-hydrogen) atoms. The van der Waals surface area contributed by atoms with Crippen molar-refractivity contribution in [2.75, 3.05) is 6.54 Å². The van der Waals surface area contributed by atoms with Crippen LogP contribution in [-0.4, -0.2) is 22.6 Å². The molecular weight excluding hydrogens is 240 g/mol. The molecule has 0 saturated heterocycles. The highest BCUT2D eigenvalue weighted by Crippen LogP contribution is 2.28. The molecule has 0 atom stereocenters. The number of aromatic amines is 1. The molecule has 0 aliphatic heterocycles. The highest BCUT2D eigenvalue weighted by atomic mass is 16.4. The van der Waals surface area contributed by atoms with Crippen LogP contribution < -0.4 is 5.73 Å². The minimum absolute atomic E-state index is 0.358. The van der Waals surface area contributed by atoms with Crippen molar-refractivity contribution in [3.63, 3.8) is 0 Å². The van der Waals surface area contributed by atoms with Gasteiger partial charge in [-0.15, -0.1) is 0 Å². The van der Waals surface area contributed by atoms with Crippen LogP contribution in [0.2, 0.25) is 0 Å². The average molecular weight is 260 g/mol. The fourth-order valence-electron chi connectivity index (χ4n) is 2.51. The number of carboxylic acid groups (broad SMARTS) is 1. The van der Waals surface area contributed by atoms with Crippen molar-refractivity contribution in [1.29, 1.82) is 0 Å². The minimum atomic E-state index is -0.882. The number of aromatic nitrogens is 1. The molecule has 1 heterocycles. The van der Waals surface area contributed by atoms with Gasteiger partial charge < -0.3 is 15.8 Å². The van der Waals surface area contributed by atoms with Crippen molar-refractivity contribution in [3.8, 4) is 0 Å². The number of H-pyrrole nitrogens is 1. The van der Waals surface area contributed by atoms with E-state index in [0.29, 0.717) is 12.1 Å². The van der Waals surface area contributed by atoms with Crippen molar-refractivity contribution >= 4 is 16.9 Å². The predicted molar refractivity (Wildman–Crippen MR) is 76.7 cm³/mol. The monoisotopic (exact) mass is 260 g/mol. The molecule has 4 N–H and O–H groups in total. The van der Waals surface area contributed by atoms with E-state index >= 15 is 0 Å². The van der Waals surface area contributed by atoms with E-state index in [-0.39, 0.29) is 0 Å². The molecule has 4 heteroatoms. The molecule has 2 aromatic rings. The van der Waals surface area contributed by atoms with E-state index in [4.69, 9.17) is 5.73 Å². The van der Waals surface area contributed by atoms with Crippen molar-refractivity contribution in [2.24, 2.45) is 5.73 Å². The van der Waals surface area contributed by atoms with Gasteiger partial charge in [0.25, 0.3) is 0 Å². The second-order valence-corrected chi connectivity index (χ2v) is 4.85. The van der Waals surface area contributed by atoms with E-state index in [1.54, 1.807) is 6.07 Å². The highest BCUT2D eigenvalue weighted by molar-refractivity contribution is 6.03. The zero-order valence-electron chi connectivity index (χ0n) is 11.4. The summed E-state index contributed by atoms with van der Waals surface area (Å²) in [5.41, 5.74) is 9.95. The number of aromatic carboxylic acids is 1. The molecule has 1 aromatic heterocycles. The molecule has 0 fully saturated rings. The smallest absolute Gasteiger partial charge is 0.337 e. The van der Waals surface area contributed by atoms with Crippen molar-refractivity contribution < 1.29 is 9.90 Å². The van der Waals surface area contributed by atoms with E-state index < -0.39 is 5.97 Å². The standard InChI is InChI=1S/C15H20N2O2/c1-3-10-7-12-11(5-4-6-16)9(2)17-14(12)13(8-10)15(18)19/h7-8,17H,3-6,16H2,1-2H3,(H,18,19). The van der Waals surface area contributed by atoms with Gasteiger partial charge in [-0.3, -0.25) is 0 Å². The van der Waals surface area contributed by atoms with Crippen LogP contribution in [0.5, 0.6) is 0 Å². The Morgan fingerprint density at radius 3 is 2.74 bits per heavy atom. The van der Waals surface area contributed by atoms with Gasteiger partial charge >= 0.3 is 5.97 Å². The number of hydrogen-bond donors (Lipinski definition) is 3. The molecule has 1 aromatic carbocycles. The first-order valence-electron chi connectivity index (χ1n) is 6.65. The third-order valence-electron chi connectivity index (χ3n) is 3.56. The summed E-state index contributed by atoms with van der Waals surface area (Å²) in [6.45, 7) is 4.67. The van der Waals surface area contributed by atoms with E-state index in [1.807, 2.05) is 13.8 Å². The fraction of sp³-hybridized carbons (Fsp3) is 0.400. The normalized spacial score (nSPS) is 11.1. The lowest BCUT2D eigenvalue weighted by Gasteiger charge is -2.04. The maximum Gasteiger partial charge on any atom is 0.337 e. The van der Waals surface area contributed by atoms with E-state index in [9.17, 15) is 9.90 Å². The average Bonchev–Trinajstić information content (AvgIpc) is 2.70. The number of fused-ring (bicyclic) bond motifs is 1. The summed E-state index contributed by atoms with van der Waals surface area (Å²) in [5.74, 6) is -0.882. The zero-order valence-corrected chi connectivity index (χ0v) is 11.4. The second-order valence-electron chi connectivity index (χ2n) is 4.85. The van der Waals surface area contributed by atoms with Crippen LogP contribution in [0.25, 0.3) is 10.9 Å². The van der Waals surface area contributed by atoms with Gasteiger partial charge in [-0.25, -0.2) is 4.79 Å². The Balaban J connectivity index is 2.67. The molecule has 2 rings (SSSR count). The first-order chi connectivity index (χ1) is 9.08. The Bertz CT molecular complexity index is 614. The van der Waals surface area contributed by atoms with Gasteiger partial charge in [0.05, 0.1) is 11.1 Å². The quantitative estimate of drug-likeness (QED) is 0.773. The van der Waals surface area contributed by atoms with Crippen LogP contribution in [0.1, 0.15) is 40.5 Å². The van der Waals surface area contributed by atoms with Gasteiger partial charge in [-0.05, 0) is 56.0 Å². The number of aryl methyl sites for hydroxylation is 3. The Hall–Kier alpha value is -1.81. The lowest BCUT2D eigenvalue weighted by atomic mass is 10.00. The summed E-state index contributed by atoms with van der Waals surface area (Å²) in [6.07, 6.45) is 2.62. The van der Waals surface area contributed by atoms with Crippen LogP contribution in [0.4, 0.5) is 0 Å². The Morgan fingerprint density at radius 1 is 1.42 bits per heavy atom. The number of nitrogens with one attached hydrogen (secondary N) is 1. The minimum Gasteiger partial charge on any atom is -0.478 e. The Morgan fingerprint density at radius 2 is 2.16 bits per heavy atom. The van der Waals surface area contributed by atoms with Gasteiger partial charge in [0.2, 0.25) is 0 Å². The van der Waals surface area contributed by atoms with E-state index in [1.165, 1.54) is 5.56 Å². The van der Waals surface area contributed by atoms with Gasteiger partial charge in [0.15, 0.2) is 0 Å². The van der Waals surface area contributed by atoms with Gasteiger partial charge in [0, 0.05) is 11.1 Å². The predicted octanol–water partition coefficient (Wildman–Crippen LogP) is 2.63. The number of hydrogen-bond acceptors (Lipinski definition) is 2. The summed E-state index contributed by atoms with van der Waals surface area (Å²) >= 11 is 0. The molecule has 0 spiro atoms. The summed E-state index contributed by atoms with van der Waals surface area (Å²) in [7, 11) is 0. The fourth-order valence-corrected chi connectivity index (χ4v) is 2.51. The topological polar surface area (TPSA) is 79.1 Å². The number of nitrogens with two attached hydrogens (primary N) is 1. The first kappa shape index (κ1) is 13.6. The zero-order chi connectivity index (χ0) is 14.0. The third kappa shape index (κ3) is 2.49. The summed E-state index contributed by atoms with van der Waals surface area (Å²) in [4.78, 5) is 14.6. The maximum absolute atomic E-state index is 11.4. The van der Waals surface area contributed by atoms with Crippen LogP contribution in [-0.2, 0) is 12.8 Å². The third-order valence-corrected chi connectivity index (χ3v) is 3.56. The van der Waals surface area contributed by atoms with E-state index in [0.717, 1.165) is 41.4 Å². The molecule has 0 radical (unpaired) electrons. The molecule has 0 amide bonds. The van der Waals surface area contributed by atoms with Crippen LogP contribution in [0.3, 0.4) is 0 Å². The summed E-state index contributed by atoms with van der Waals surface area (Å²) in [5, 5.41) is 10.4. The van der Waals surface area contributed by atoms with Crippen LogP contribution in [0, 0.1) is 6.92 Å². The SMILES string of the molecule is CCc1cc(C(=O)O)c2[nH]c(C)c(CCCN)c2c1. The molecule has 0 bridgehead atoms. The lowest BCUT2D eigenvalue weighted by Crippen LogP contribution is -2.01. The highest BCUT2D eigenvalue weighted by Gasteiger charge is 2.16. The molecule has 102 valence electrons. The molecule has 0 unspecified atom stereocenters. The summed E-state index contributed by atoms with van der Waals surface area (Å²) < 4.78 is 0. The summed E-state index contributed by atoms with van der Waals surface area (Å²) in [6, 6.07) is 3.85. The molecule has 0 aliphatic carbocycles. The second kappa shape index (κ2) is 5.45. The van der Waals surface area contributed by atoms with E-state index in [2.05, 4.69) is 11.1 Å². The number of rotatable bonds is 5. The largest absolute Gasteiger partial charge is 0.478 e. The van der Waals surface area contributed by atoms with Crippen molar-refractivity contribution in [1.82, 2.24) is 4.98 Å². The van der Waals surface area contributed by atoms with Gasteiger partial charge in [-0.2, -0.15) is 0 Å². The van der Waals surface area contributed by atoms with Crippen LogP contribution in [0.15, 0.2) is 12.1 Å². The number of benzene rings is 1. The van der Waals surface area contributed by atoms with Gasteiger partial charge in [0.1, 0.15) is 0 Å². The van der Waals surface area contributed by atoms with Gasteiger partial charge in [-0.1, -0.05) is 6.92 Å². The molecule has 0 saturated carbocycles. The van der Waals surface area contributed by atoms with Crippen molar-refractivity contribution in [2.45, 2.75) is 33.1 Å². The maximum atomic E-state index is 11.4. The lowest BCUT2D eigenvalue weighted by molar-refractivity contribution is 0.0698.